The number of hydrogen-bond acceptors (Lipinski definition) is 7. The van der Waals surface area contributed by atoms with Crippen molar-refractivity contribution in [2.45, 2.75) is 56.2 Å². The summed E-state index contributed by atoms with van der Waals surface area (Å²) < 4.78 is 55.2. The van der Waals surface area contributed by atoms with Crippen molar-refractivity contribution in [2.24, 2.45) is 5.73 Å². The van der Waals surface area contributed by atoms with Gasteiger partial charge in [0, 0.05) is 50.4 Å². The lowest BCUT2D eigenvalue weighted by molar-refractivity contribution is -0.0349. The average Bonchev–Trinajstić information content (AvgIpc) is 3.54. The number of carbonyl (C=O) groups is 1. The summed E-state index contributed by atoms with van der Waals surface area (Å²) in [6.07, 6.45) is 4.73. The van der Waals surface area contributed by atoms with Crippen LogP contribution in [0.2, 0.25) is 0 Å². The summed E-state index contributed by atoms with van der Waals surface area (Å²) in [6, 6.07) is 7.97. The number of rotatable bonds is 8. The van der Waals surface area contributed by atoms with E-state index in [4.69, 9.17) is 15.2 Å². The Morgan fingerprint density at radius 2 is 2.03 bits per heavy atom. The van der Waals surface area contributed by atoms with E-state index in [2.05, 4.69) is 16.9 Å². The van der Waals surface area contributed by atoms with Gasteiger partial charge in [-0.25, -0.2) is 17.3 Å². The number of ether oxygens (including phenoxy) is 2. The van der Waals surface area contributed by atoms with E-state index in [1.807, 2.05) is 6.07 Å². The van der Waals surface area contributed by atoms with Gasteiger partial charge in [0.2, 0.25) is 5.03 Å². The van der Waals surface area contributed by atoms with E-state index in [1.165, 1.54) is 23.7 Å². The van der Waals surface area contributed by atoms with Crippen LogP contribution in [-0.2, 0) is 14.8 Å². The zero-order valence-corrected chi connectivity index (χ0v) is 23.2. The second-order valence-corrected chi connectivity index (χ2v) is 12.3. The lowest BCUT2D eigenvalue weighted by Crippen LogP contribution is -2.39. The van der Waals surface area contributed by atoms with Gasteiger partial charge in [-0.15, -0.1) is 0 Å². The van der Waals surface area contributed by atoms with Crippen LogP contribution >= 0.6 is 0 Å². The van der Waals surface area contributed by atoms with Crippen molar-refractivity contribution < 1.29 is 27.1 Å². The molecule has 0 radical (unpaired) electrons. The molecule has 39 heavy (non-hydrogen) atoms. The number of carbonyl (C=O) groups excluding carboxylic acids is 1. The summed E-state index contributed by atoms with van der Waals surface area (Å²) in [5.74, 6) is -0.593. The number of anilines is 1. The van der Waals surface area contributed by atoms with Crippen molar-refractivity contribution in [3.63, 3.8) is 0 Å². The molecule has 10 nitrogen and oxygen atoms in total. The second kappa shape index (κ2) is 10.4. The van der Waals surface area contributed by atoms with Crippen LogP contribution in [0.4, 0.5) is 10.1 Å². The lowest BCUT2D eigenvalue weighted by atomic mass is 9.95. The molecule has 0 bridgehead atoms. The number of primary amides is 1. The normalized spacial score (nSPS) is 19.6. The van der Waals surface area contributed by atoms with Crippen molar-refractivity contribution >= 4 is 27.1 Å². The van der Waals surface area contributed by atoms with Crippen molar-refractivity contribution in [2.75, 3.05) is 38.3 Å². The highest BCUT2D eigenvalue weighted by Gasteiger charge is 2.35. The number of benzene rings is 1. The van der Waals surface area contributed by atoms with Gasteiger partial charge < -0.3 is 20.1 Å². The molecule has 210 valence electrons. The molecule has 2 N–H and O–H groups in total. The molecule has 5 rings (SSSR count). The quantitative estimate of drug-likeness (QED) is 0.449. The Kier molecular flexibility index (Phi) is 7.29. The van der Waals surface area contributed by atoms with Crippen molar-refractivity contribution in [3.8, 4) is 5.75 Å². The number of nitrogens with two attached hydrogens (primary N) is 1. The van der Waals surface area contributed by atoms with Crippen LogP contribution in [0.15, 0.2) is 41.6 Å². The van der Waals surface area contributed by atoms with Crippen LogP contribution in [0, 0.1) is 5.82 Å². The summed E-state index contributed by atoms with van der Waals surface area (Å²) >= 11 is 0. The number of aromatic nitrogens is 2. The fourth-order valence-electron chi connectivity index (χ4n) is 5.36. The monoisotopic (exact) mass is 559 g/mol. The molecule has 2 aliphatic rings. The average molecular weight is 560 g/mol. The minimum Gasteiger partial charge on any atom is -0.487 e. The molecule has 2 fully saturated rings. The number of sulfonamides is 1. The highest BCUT2D eigenvalue weighted by atomic mass is 32.2. The van der Waals surface area contributed by atoms with Gasteiger partial charge in [-0.3, -0.25) is 4.79 Å². The van der Waals surface area contributed by atoms with E-state index in [0.717, 1.165) is 41.2 Å². The maximum absolute atomic E-state index is 14.5. The molecule has 1 atom stereocenters. The molecular formula is C27H34FN5O5S. The van der Waals surface area contributed by atoms with Gasteiger partial charge in [-0.1, -0.05) is 6.92 Å². The van der Waals surface area contributed by atoms with E-state index < -0.39 is 21.5 Å². The van der Waals surface area contributed by atoms with E-state index in [-0.39, 0.29) is 29.0 Å². The molecular weight excluding hydrogens is 525 g/mol. The van der Waals surface area contributed by atoms with Gasteiger partial charge in [0.1, 0.15) is 22.7 Å². The third-order valence-electron chi connectivity index (χ3n) is 7.75. The van der Waals surface area contributed by atoms with Gasteiger partial charge in [0.25, 0.3) is 15.9 Å². The smallest absolute Gasteiger partial charge is 0.262 e. The highest BCUT2D eigenvalue weighted by Crippen LogP contribution is 2.42. The lowest BCUT2D eigenvalue weighted by Gasteiger charge is -2.36. The van der Waals surface area contributed by atoms with E-state index in [0.29, 0.717) is 31.0 Å². The summed E-state index contributed by atoms with van der Waals surface area (Å²) in [5.41, 5.74) is 6.88. The molecule has 4 heterocycles. The van der Waals surface area contributed by atoms with Gasteiger partial charge in [0.15, 0.2) is 0 Å². The minimum atomic E-state index is -4.02. The van der Waals surface area contributed by atoms with Crippen molar-refractivity contribution in [1.82, 2.24) is 13.9 Å². The van der Waals surface area contributed by atoms with Crippen LogP contribution in [0.3, 0.4) is 0 Å². The van der Waals surface area contributed by atoms with Gasteiger partial charge in [-0.05, 0) is 50.1 Å². The first-order valence-corrected chi connectivity index (χ1v) is 14.6. The Labute approximate surface area is 227 Å². The molecule has 1 amide bonds. The van der Waals surface area contributed by atoms with Gasteiger partial charge >= 0.3 is 0 Å². The maximum Gasteiger partial charge on any atom is 0.262 e. The fraction of sp³-hybridized carbons (Fsp3) is 0.481. The Hall–Kier alpha value is -3.22. The zero-order chi connectivity index (χ0) is 27.9. The molecule has 1 unspecified atom stereocenters. The standard InChI is InChI=1S/C27H34FN5O5S/c1-4-31(3)39(35,36)26-24(25(29)34)22-17-19(9-13-33(22)30-26)32-12-5-6-21(32)20-16-18(28)7-8-23(20)38-27(2)10-14-37-15-11-27/h7-9,13,16-17,21H,4-6,10-12,14-15H2,1-3H3,(H2,29,34). The first kappa shape index (κ1) is 27.4. The van der Waals surface area contributed by atoms with Crippen LogP contribution < -0.4 is 15.4 Å². The van der Waals surface area contributed by atoms with Crippen LogP contribution in [0.25, 0.3) is 5.52 Å². The SMILES string of the molecule is CCN(C)S(=O)(=O)c1nn2ccc(N3CCCC3c3cc(F)ccc3OC3(C)CCOCC3)cc2c1C(N)=O. The second-order valence-electron chi connectivity index (χ2n) is 10.4. The summed E-state index contributed by atoms with van der Waals surface area (Å²) in [7, 11) is -2.60. The van der Waals surface area contributed by atoms with E-state index in [1.54, 1.807) is 25.3 Å². The van der Waals surface area contributed by atoms with Gasteiger partial charge in [0.05, 0.1) is 24.8 Å². The number of hydrogen-bond donors (Lipinski definition) is 1. The number of pyridine rings is 1. The van der Waals surface area contributed by atoms with Crippen molar-refractivity contribution in [3.05, 3.63) is 53.5 Å². The topological polar surface area (TPSA) is 119 Å². The predicted molar refractivity (Wildman–Crippen MR) is 144 cm³/mol. The molecule has 0 aliphatic carbocycles. The number of fused-ring (bicyclic) bond motifs is 1. The van der Waals surface area contributed by atoms with Gasteiger partial charge in [-0.2, -0.15) is 9.40 Å². The molecule has 2 saturated heterocycles. The van der Waals surface area contributed by atoms with E-state index in [9.17, 15) is 17.6 Å². The maximum atomic E-state index is 14.5. The van der Waals surface area contributed by atoms with Crippen LogP contribution in [0.1, 0.15) is 61.5 Å². The Morgan fingerprint density at radius 1 is 1.28 bits per heavy atom. The number of halogens is 1. The summed E-state index contributed by atoms with van der Waals surface area (Å²) in [4.78, 5) is 14.6. The Balaban J connectivity index is 1.55. The molecule has 3 aromatic rings. The molecule has 1 aromatic carbocycles. The molecule has 2 aromatic heterocycles. The third-order valence-corrected chi connectivity index (χ3v) is 9.61. The minimum absolute atomic E-state index is 0.157. The van der Waals surface area contributed by atoms with Crippen LogP contribution in [0.5, 0.6) is 5.75 Å². The first-order valence-electron chi connectivity index (χ1n) is 13.2. The fourth-order valence-corrected chi connectivity index (χ4v) is 6.65. The molecule has 12 heteroatoms. The van der Waals surface area contributed by atoms with Crippen molar-refractivity contribution in [1.29, 1.82) is 0 Å². The summed E-state index contributed by atoms with van der Waals surface area (Å²) in [6.45, 7) is 5.86. The molecule has 2 aliphatic heterocycles. The van der Waals surface area contributed by atoms with E-state index >= 15 is 0 Å². The molecule has 0 saturated carbocycles. The number of nitrogens with zero attached hydrogens (tertiary/aromatic N) is 4. The summed E-state index contributed by atoms with van der Waals surface area (Å²) in [5, 5.41) is 3.83. The Morgan fingerprint density at radius 3 is 2.72 bits per heavy atom. The molecule has 0 spiro atoms. The Bertz CT molecular complexity index is 1500. The first-order chi connectivity index (χ1) is 18.5. The number of amides is 1. The van der Waals surface area contributed by atoms with Crippen LogP contribution in [-0.4, -0.2) is 67.2 Å². The zero-order valence-electron chi connectivity index (χ0n) is 22.4. The predicted octanol–water partition coefficient (Wildman–Crippen LogP) is 3.50. The third kappa shape index (κ3) is 5.08. The highest BCUT2D eigenvalue weighted by molar-refractivity contribution is 7.89. The largest absolute Gasteiger partial charge is 0.487 e.